The van der Waals surface area contributed by atoms with Crippen LogP contribution in [0.3, 0.4) is 0 Å². The Morgan fingerprint density at radius 2 is 1.68 bits per heavy atom. The minimum absolute atomic E-state index is 0.0567. The third-order valence-corrected chi connectivity index (χ3v) is 13.4. The number of esters is 1. The van der Waals surface area contributed by atoms with Crippen LogP contribution < -0.4 is 5.32 Å². The van der Waals surface area contributed by atoms with Gasteiger partial charge < -0.3 is 10.1 Å². The molecule has 1 aromatic carbocycles. The monoisotopic (exact) mass is 601 g/mol. The van der Waals surface area contributed by atoms with Gasteiger partial charge in [-0.25, -0.2) is 0 Å². The van der Waals surface area contributed by atoms with E-state index in [9.17, 15) is 14.4 Å². The van der Waals surface area contributed by atoms with Gasteiger partial charge in [0.15, 0.2) is 5.78 Å². The van der Waals surface area contributed by atoms with Crippen molar-refractivity contribution in [1.82, 2.24) is 5.32 Å². The van der Waals surface area contributed by atoms with Gasteiger partial charge in [0.05, 0.1) is 5.41 Å². The third-order valence-electron chi connectivity index (χ3n) is 13.4. The number of hydrogen-bond acceptors (Lipinski definition) is 4. The van der Waals surface area contributed by atoms with Crippen LogP contribution in [0, 0.1) is 44.8 Å². The Hall–Kier alpha value is -2.69. The van der Waals surface area contributed by atoms with Crippen LogP contribution in [0.25, 0.3) is 0 Å². The van der Waals surface area contributed by atoms with E-state index in [1.54, 1.807) is 0 Å². The molecule has 0 aromatic heterocycles. The van der Waals surface area contributed by atoms with E-state index in [2.05, 4.69) is 53.4 Å². The second-order valence-corrected chi connectivity index (χ2v) is 16.1. The van der Waals surface area contributed by atoms with Crippen LogP contribution in [0.15, 0.2) is 54.1 Å². The summed E-state index contributed by atoms with van der Waals surface area (Å²) >= 11 is 0. The highest BCUT2D eigenvalue weighted by atomic mass is 16.5. The number of ketones is 1. The standard InChI is InChI=1S/C39H55NO4/c1-9-40-32(42)16-17-37(6)28(26(2)3)15-18-39(8)33(37)31(41)23-29-30-24-36(5,20-19-35(30,4)21-22-38(29,39)7)34(43)44-25-27-13-11-10-12-14-27/h10-14,23,28,30,33H,2,9,15-22,24-25H2,1,3-8H3,(H,40,42)/t28-,30-,33+,35+,36-,37-,38+,39+/m0/s1. The zero-order chi connectivity index (χ0) is 32.1. The molecule has 5 heteroatoms. The molecule has 4 aliphatic rings. The van der Waals surface area contributed by atoms with Gasteiger partial charge in [-0.05, 0) is 117 Å². The molecule has 1 aromatic rings. The van der Waals surface area contributed by atoms with Crippen molar-refractivity contribution < 1.29 is 19.1 Å². The first-order chi connectivity index (χ1) is 20.6. The molecule has 3 saturated carbocycles. The lowest BCUT2D eigenvalue weighted by molar-refractivity contribution is -0.169. The van der Waals surface area contributed by atoms with E-state index in [0.29, 0.717) is 19.4 Å². The van der Waals surface area contributed by atoms with Gasteiger partial charge in [0.25, 0.3) is 0 Å². The summed E-state index contributed by atoms with van der Waals surface area (Å²) in [7, 11) is 0. The van der Waals surface area contributed by atoms with E-state index < -0.39 is 5.41 Å². The lowest BCUT2D eigenvalue weighted by Gasteiger charge is -2.68. The lowest BCUT2D eigenvalue weighted by Crippen LogP contribution is -2.63. The number of amides is 1. The van der Waals surface area contributed by atoms with E-state index >= 15 is 0 Å². The van der Waals surface area contributed by atoms with Gasteiger partial charge >= 0.3 is 5.97 Å². The molecule has 1 N–H and O–H groups in total. The van der Waals surface area contributed by atoms with Gasteiger partial charge in [0.1, 0.15) is 6.61 Å². The molecule has 8 atom stereocenters. The first kappa shape index (κ1) is 32.7. The fourth-order valence-electron chi connectivity index (χ4n) is 10.5. The molecule has 0 spiro atoms. The summed E-state index contributed by atoms with van der Waals surface area (Å²) in [5, 5.41) is 2.97. The number of benzene rings is 1. The molecule has 44 heavy (non-hydrogen) atoms. The molecular weight excluding hydrogens is 546 g/mol. The second-order valence-electron chi connectivity index (χ2n) is 16.1. The molecule has 0 radical (unpaired) electrons. The van der Waals surface area contributed by atoms with Crippen LogP contribution in [-0.2, 0) is 25.7 Å². The number of hydrogen-bond donors (Lipinski definition) is 1. The zero-order valence-electron chi connectivity index (χ0n) is 28.3. The lowest BCUT2D eigenvalue weighted by atomic mass is 9.35. The van der Waals surface area contributed by atoms with E-state index in [0.717, 1.165) is 56.1 Å². The average Bonchev–Trinajstić information content (AvgIpc) is 2.97. The molecule has 3 fully saturated rings. The van der Waals surface area contributed by atoms with Crippen molar-refractivity contribution in [1.29, 1.82) is 0 Å². The molecule has 0 unspecified atom stereocenters. The zero-order valence-corrected chi connectivity index (χ0v) is 28.3. The summed E-state index contributed by atoms with van der Waals surface area (Å²) < 4.78 is 5.93. The van der Waals surface area contributed by atoms with Gasteiger partial charge in [-0.1, -0.05) is 75.8 Å². The van der Waals surface area contributed by atoms with Crippen LogP contribution in [0.1, 0.15) is 112 Å². The molecule has 0 heterocycles. The Kier molecular flexibility index (Phi) is 8.61. The highest BCUT2D eigenvalue weighted by Crippen LogP contribution is 2.73. The Balaban J connectivity index is 1.49. The first-order valence-corrected chi connectivity index (χ1v) is 17.0. The van der Waals surface area contributed by atoms with Gasteiger partial charge in [-0.15, -0.1) is 0 Å². The Morgan fingerprint density at radius 3 is 2.34 bits per heavy atom. The predicted octanol–water partition coefficient (Wildman–Crippen LogP) is 8.38. The van der Waals surface area contributed by atoms with Crippen molar-refractivity contribution in [3.05, 3.63) is 59.7 Å². The summed E-state index contributed by atoms with van der Waals surface area (Å²) in [6, 6.07) is 9.88. The summed E-state index contributed by atoms with van der Waals surface area (Å²) in [5.74, 6) is 0.329. The predicted molar refractivity (Wildman–Crippen MR) is 175 cm³/mol. The number of ether oxygens (including phenoxy) is 1. The smallest absolute Gasteiger partial charge is 0.312 e. The number of nitrogens with one attached hydrogen (secondary N) is 1. The summed E-state index contributed by atoms with van der Waals surface area (Å²) in [6.45, 7) is 20.9. The minimum atomic E-state index is -0.586. The molecular formula is C39H55NO4. The number of rotatable bonds is 8. The van der Waals surface area contributed by atoms with Crippen LogP contribution in [0.4, 0.5) is 0 Å². The van der Waals surface area contributed by atoms with Crippen LogP contribution >= 0.6 is 0 Å². The van der Waals surface area contributed by atoms with Crippen molar-refractivity contribution in [2.45, 2.75) is 113 Å². The normalized spacial score (nSPS) is 39.7. The molecule has 5 rings (SSSR count). The number of allylic oxidation sites excluding steroid dienone is 3. The SMILES string of the molecule is C=C(C)[C@@H]1CC[C@]2(C)[C@H](C(=O)C=C3[C@@H]4C[C@@](C)(C(=O)OCc5ccccc5)CC[C@]4(C)CC[C@]32C)[C@@]1(C)CCC(=O)NCC. The maximum Gasteiger partial charge on any atom is 0.312 e. The van der Waals surface area contributed by atoms with E-state index in [4.69, 9.17) is 4.74 Å². The van der Waals surface area contributed by atoms with Crippen LogP contribution in [0.2, 0.25) is 0 Å². The van der Waals surface area contributed by atoms with Crippen molar-refractivity contribution in [2.24, 2.45) is 44.8 Å². The van der Waals surface area contributed by atoms with Gasteiger partial charge in [0, 0.05) is 18.9 Å². The number of carbonyl (C=O) groups is 3. The first-order valence-electron chi connectivity index (χ1n) is 17.0. The van der Waals surface area contributed by atoms with E-state index in [1.165, 1.54) is 5.57 Å². The topological polar surface area (TPSA) is 72.5 Å². The van der Waals surface area contributed by atoms with Crippen molar-refractivity contribution >= 4 is 17.7 Å². The molecule has 0 aliphatic heterocycles. The highest BCUT2D eigenvalue weighted by molar-refractivity contribution is 5.96. The van der Waals surface area contributed by atoms with Crippen molar-refractivity contribution in [2.75, 3.05) is 6.54 Å². The molecule has 240 valence electrons. The Morgan fingerprint density at radius 1 is 1.00 bits per heavy atom. The molecule has 1 amide bonds. The van der Waals surface area contributed by atoms with E-state index in [1.807, 2.05) is 43.3 Å². The number of carbonyl (C=O) groups excluding carboxylic acids is 3. The van der Waals surface area contributed by atoms with Crippen molar-refractivity contribution in [3.8, 4) is 0 Å². The van der Waals surface area contributed by atoms with Crippen molar-refractivity contribution in [3.63, 3.8) is 0 Å². The largest absolute Gasteiger partial charge is 0.460 e. The molecule has 0 saturated heterocycles. The highest BCUT2D eigenvalue weighted by Gasteiger charge is 2.68. The fraction of sp³-hybridized carbons (Fsp3) is 0.667. The van der Waals surface area contributed by atoms with Gasteiger partial charge in [-0.3, -0.25) is 14.4 Å². The van der Waals surface area contributed by atoms with Crippen LogP contribution in [-0.4, -0.2) is 24.2 Å². The third kappa shape index (κ3) is 5.20. The van der Waals surface area contributed by atoms with Crippen LogP contribution in [0.5, 0.6) is 0 Å². The van der Waals surface area contributed by atoms with Gasteiger partial charge in [0.2, 0.25) is 5.91 Å². The summed E-state index contributed by atoms with van der Waals surface area (Å²) in [5.41, 5.74) is 2.11. The second kappa shape index (κ2) is 11.6. The molecule has 5 nitrogen and oxygen atoms in total. The van der Waals surface area contributed by atoms with E-state index in [-0.39, 0.29) is 63.7 Å². The summed E-state index contributed by atoms with van der Waals surface area (Å²) in [4.78, 5) is 41.0. The maximum absolute atomic E-state index is 14.6. The average molecular weight is 602 g/mol. The fourth-order valence-corrected chi connectivity index (χ4v) is 10.5. The number of fused-ring (bicyclic) bond motifs is 5. The summed E-state index contributed by atoms with van der Waals surface area (Å²) in [6.07, 6.45) is 9.70. The Labute approximate surface area is 265 Å². The quantitative estimate of drug-likeness (QED) is 0.240. The maximum atomic E-state index is 14.6. The Bertz CT molecular complexity index is 1350. The molecule has 0 bridgehead atoms. The minimum Gasteiger partial charge on any atom is -0.460 e. The molecule has 4 aliphatic carbocycles. The van der Waals surface area contributed by atoms with Gasteiger partial charge in [-0.2, -0.15) is 0 Å².